The molecule has 1 aromatic heterocycles. The van der Waals surface area contributed by atoms with Crippen LogP contribution in [0.25, 0.3) is 0 Å². The Hall–Kier alpha value is -0.830. The van der Waals surface area contributed by atoms with Crippen LogP contribution in [-0.4, -0.2) is 22.1 Å². The molecule has 3 nitrogen and oxygen atoms in total. The lowest BCUT2D eigenvalue weighted by Gasteiger charge is -2.17. The van der Waals surface area contributed by atoms with E-state index in [1.54, 1.807) is 0 Å². The standard InChI is InChI=1S/C13H25N3/c1-4-6-12(14-9-5-2)7-8-13-15-10-11-16(13)3/h10-12,14H,4-9H2,1-3H3. The van der Waals surface area contributed by atoms with Gasteiger partial charge in [0.2, 0.25) is 0 Å². The second-order valence-electron chi connectivity index (χ2n) is 4.43. The van der Waals surface area contributed by atoms with Gasteiger partial charge in [0.25, 0.3) is 0 Å². The quantitative estimate of drug-likeness (QED) is 0.734. The fourth-order valence-electron chi connectivity index (χ4n) is 1.99. The fraction of sp³-hybridized carbons (Fsp3) is 0.769. The zero-order valence-electron chi connectivity index (χ0n) is 10.9. The summed E-state index contributed by atoms with van der Waals surface area (Å²) in [6, 6.07) is 0.654. The zero-order chi connectivity index (χ0) is 11.8. The molecule has 1 N–H and O–H groups in total. The van der Waals surface area contributed by atoms with Crippen LogP contribution in [0.3, 0.4) is 0 Å². The molecule has 0 aliphatic rings. The molecule has 0 spiro atoms. The first-order valence-electron chi connectivity index (χ1n) is 6.47. The molecule has 16 heavy (non-hydrogen) atoms. The van der Waals surface area contributed by atoms with Gasteiger partial charge in [-0.1, -0.05) is 20.3 Å². The van der Waals surface area contributed by atoms with Crippen LogP contribution in [0.4, 0.5) is 0 Å². The van der Waals surface area contributed by atoms with E-state index in [1.165, 1.54) is 31.5 Å². The summed E-state index contributed by atoms with van der Waals surface area (Å²) in [5, 5.41) is 3.62. The maximum atomic E-state index is 4.36. The van der Waals surface area contributed by atoms with Gasteiger partial charge in [0.15, 0.2) is 0 Å². The second kappa shape index (κ2) is 7.44. The predicted octanol–water partition coefficient (Wildman–Crippen LogP) is 2.52. The van der Waals surface area contributed by atoms with E-state index in [1.807, 2.05) is 12.4 Å². The summed E-state index contributed by atoms with van der Waals surface area (Å²) >= 11 is 0. The topological polar surface area (TPSA) is 29.9 Å². The molecule has 1 rings (SSSR count). The maximum Gasteiger partial charge on any atom is 0.108 e. The third kappa shape index (κ3) is 4.35. The molecule has 0 amide bonds. The first-order chi connectivity index (χ1) is 7.77. The highest BCUT2D eigenvalue weighted by Crippen LogP contribution is 2.07. The summed E-state index contributed by atoms with van der Waals surface area (Å²) in [5.74, 6) is 1.19. The second-order valence-corrected chi connectivity index (χ2v) is 4.43. The van der Waals surface area contributed by atoms with E-state index in [0.29, 0.717) is 6.04 Å². The van der Waals surface area contributed by atoms with Crippen LogP contribution in [-0.2, 0) is 13.5 Å². The minimum absolute atomic E-state index is 0.654. The van der Waals surface area contributed by atoms with Gasteiger partial charge in [0, 0.05) is 31.9 Å². The lowest BCUT2D eigenvalue weighted by molar-refractivity contribution is 0.443. The zero-order valence-corrected chi connectivity index (χ0v) is 10.9. The van der Waals surface area contributed by atoms with Crippen molar-refractivity contribution in [3.05, 3.63) is 18.2 Å². The average molecular weight is 223 g/mol. The van der Waals surface area contributed by atoms with E-state index in [0.717, 1.165) is 13.0 Å². The van der Waals surface area contributed by atoms with E-state index in [9.17, 15) is 0 Å². The molecule has 92 valence electrons. The molecule has 0 radical (unpaired) electrons. The van der Waals surface area contributed by atoms with Gasteiger partial charge < -0.3 is 9.88 Å². The van der Waals surface area contributed by atoms with Gasteiger partial charge in [-0.2, -0.15) is 0 Å². The van der Waals surface area contributed by atoms with Crippen molar-refractivity contribution in [3.63, 3.8) is 0 Å². The smallest absolute Gasteiger partial charge is 0.108 e. The molecule has 0 saturated carbocycles. The Kier molecular flexibility index (Phi) is 6.16. The molecule has 1 atom stereocenters. The van der Waals surface area contributed by atoms with Gasteiger partial charge in [-0.3, -0.25) is 0 Å². The monoisotopic (exact) mass is 223 g/mol. The minimum atomic E-state index is 0.654. The molecule has 3 heteroatoms. The molecule has 0 aromatic carbocycles. The molecular formula is C13H25N3. The Morgan fingerprint density at radius 2 is 2.12 bits per heavy atom. The summed E-state index contributed by atoms with van der Waals surface area (Å²) in [6.45, 7) is 5.60. The van der Waals surface area contributed by atoms with Crippen LogP contribution in [0.2, 0.25) is 0 Å². The van der Waals surface area contributed by atoms with E-state index in [-0.39, 0.29) is 0 Å². The predicted molar refractivity (Wildman–Crippen MR) is 68.5 cm³/mol. The third-order valence-corrected chi connectivity index (χ3v) is 2.96. The molecule has 1 heterocycles. The number of hydrogen-bond acceptors (Lipinski definition) is 2. The van der Waals surface area contributed by atoms with Crippen molar-refractivity contribution in [1.82, 2.24) is 14.9 Å². The number of nitrogens with zero attached hydrogens (tertiary/aromatic N) is 2. The van der Waals surface area contributed by atoms with Crippen molar-refractivity contribution in [3.8, 4) is 0 Å². The molecule has 0 fully saturated rings. The third-order valence-electron chi connectivity index (χ3n) is 2.96. The minimum Gasteiger partial charge on any atom is -0.338 e. The Morgan fingerprint density at radius 1 is 1.31 bits per heavy atom. The lowest BCUT2D eigenvalue weighted by Crippen LogP contribution is -2.30. The van der Waals surface area contributed by atoms with Crippen molar-refractivity contribution >= 4 is 0 Å². The van der Waals surface area contributed by atoms with Crippen LogP contribution in [0.5, 0.6) is 0 Å². The van der Waals surface area contributed by atoms with Crippen LogP contribution in [0.15, 0.2) is 12.4 Å². The lowest BCUT2D eigenvalue weighted by atomic mass is 10.1. The average Bonchev–Trinajstić information content (AvgIpc) is 2.68. The molecule has 0 aliphatic heterocycles. The van der Waals surface area contributed by atoms with Gasteiger partial charge in [0.05, 0.1) is 0 Å². The Labute approximate surface area is 99.3 Å². The van der Waals surface area contributed by atoms with Crippen molar-refractivity contribution < 1.29 is 0 Å². The van der Waals surface area contributed by atoms with Gasteiger partial charge in [-0.05, 0) is 25.8 Å². The first-order valence-corrected chi connectivity index (χ1v) is 6.47. The van der Waals surface area contributed by atoms with Crippen molar-refractivity contribution in [2.24, 2.45) is 7.05 Å². The highest BCUT2D eigenvalue weighted by Gasteiger charge is 2.08. The SMILES string of the molecule is CCCNC(CCC)CCc1nccn1C. The number of rotatable bonds is 8. The van der Waals surface area contributed by atoms with Crippen LogP contribution >= 0.6 is 0 Å². The Balaban J connectivity index is 2.34. The maximum absolute atomic E-state index is 4.36. The van der Waals surface area contributed by atoms with E-state index in [4.69, 9.17) is 0 Å². The summed E-state index contributed by atoms with van der Waals surface area (Å²) in [5.41, 5.74) is 0. The highest BCUT2D eigenvalue weighted by atomic mass is 15.0. The van der Waals surface area contributed by atoms with Crippen molar-refractivity contribution in [1.29, 1.82) is 0 Å². The van der Waals surface area contributed by atoms with Crippen molar-refractivity contribution in [2.45, 2.75) is 52.0 Å². The van der Waals surface area contributed by atoms with Crippen molar-refractivity contribution in [2.75, 3.05) is 6.54 Å². The first kappa shape index (κ1) is 13.2. The summed E-state index contributed by atoms with van der Waals surface area (Å²) in [7, 11) is 2.07. The number of hydrogen-bond donors (Lipinski definition) is 1. The van der Waals surface area contributed by atoms with Gasteiger partial charge in [-0.25, -0.2) is 4.98 Å². The van der Waals surface area contributed by atoms with Crippen LogP contribution in [0, 0.1) is 0 Å². The number of nitrogens with one attached hydrogen (secondary N) is 1. The molecule has 1 aromatic rings. The summed E-state index contributed by atoms with van der Waals surface area (Å²) in [6.07, 6.45) is 9.89. The molecule has 1 unspecified atom stereocenters. The van der Waals surface area contributed by atoms with Crippen LogP contribution < -0.4 is 5.32 Å². The normalized spacial score (nSPS) is 12.9. The van der Waals surface area contributed by atoms with Gasteiger partial charge in [0.1, 0.15) is 5.82 Å². The molecule has 0 saturated heterocycles. The summed E-state index contributed by atoms with van der Waals surface area (Å²) in [4.78, 5) is 4.36. The molecule has 0 bridgehead atoms. The summed E-state index contributed by atoms with van der Waals surface area (Å²) < 4.78 is 2.11. The van der Waals surface area contributed by atoms with E-state index >= 15 is 0 Å². The number of aryl methyl sites for hydroxylation is 2. The molecule has 0 aliphatic carbocycles. The van der Waals surface area contributed by atoms with Gasteiger partial charge in [-0.15, -0.1) is 0 Å². The largest absolute Gasteiger partial charge is 0.338 e. The number of imidazole rings is 1. The van der Waals surface area contributed by atoms with Gasteiger partial charge >= 0.3 is 0 Å². The number of aromatic nitrogens is 2. The Morgan fingerprint density at radius 3 is 2.69 bits per heavy atom. The molecular weight excluding hydrogens is 198 g/mol. The Bertz CT molecular complexity index is 280. The van der Waals surface area contributed by atoms with E-state index < -0.39 is 0 Å². The van der Waals surface area contributed by atoms with E-state index in [2.05, 4.69) is 35.8 Å². The highest BCUT2D eigenvalue weighted by molar-refractivity contribution is 4.92. The fourth-order valence-corrected chi connectivity index (χ4v) is 1.99. The van der Waals surface area contributed by atoms with Crippen LogP contribution in [0.1, 0.15) is 45.4 Å².